The Morgan fingerprint density at radius 3 is 3.00 bits per heavy atom. The van der Waals surface area contributed by atoms with E-state index in [4.69, 9.17) is 9.47 Å². The number of ether oxygens (including phenoxy) is 2. The monoisotopic (exact) mass is 228 g/mol. The van der Waals surface area contributed by atoms with E-state index in [1.807, 2.05) is 6.92 Å². The third kappa shape index (κ3) is 3.17. The summed E-state index contributed by atoms with van der Waals surface area (Å²) in [6.07, 6.45) is 1.04. The molecule has 1 atom stereocenters. The first-order valence-electron chi connectivity index (χ1n) is 5.87. The molecule has 0 spiro atoms. The number of amides is 1. The van der Waals surface area contributed by atoms with Crippen molar-refractivity contribution in [3.8, 4) is 0 Å². The third-order valence-electron chi connectivity index (χ3n) is 3.16. The minimum atomic E-state index is -0.145. The summed E-state index contributed by atoms with van der Waals surface area (Å²) in [5, 5.41) is 6.01. The molecular weight excluding hydrogens is 208 g/mol. The second-order valence-corrected chi connectivity index (χ2v) is 4.88. The number of hydrogen-bond donors (Lipinski definition) is 2. The fraction of sp³-hybridized carbons (Fsp3) is 0.909. The summed E-state index contributed by atoms with van der Waals surface area (Å²) in [5.74, 6) is 0.449. The minimum absolute atomic E-state index is 0.0278. The quantitative estimate of drug-likeness (QED) is 0.667. The summed E-state index contributed by atoms with van der Waals surface area (Å²) in [5.41, 5.74) is -0.145. The van der Waals surface area contributed by atoms with E-state index < -0.39 is 0 Å². The summed E-state index contributed by atoms with van der Waals surface area (Å²) in [6.45, 7) is 6.13. The molecule has 5 heteroatoms. The Bertz CT molecular complexity index is 248. The van der Waals surface area contributed by atoms with Crippen molar-refractivity contribution < 1.29 is 14.3 Å². The molecule has 0 aromatic rings. The van der Waals surface area contributed by atoms with Crippen LogP contribution in [0.3, 0.4) is 0 Å². The van der Waals surface area contributed by atoms with E-state index in [0.29, 0.717) is 12.5 Å². The molecule has 2 aliphatic heterocycles. The highest BCUT2D eigenvalue weighted by Gasteiger charge is 2.33. The lowest BCUT2D eigenvalue weighted by atomic mass is 10.0. The van der Waals surface area contributed by atoms with Crippen LogP contribution < -0.4 is 10.6 Å². The topological polar surface area (TPSA) is 59.6 Å². The van der Waals surface area contributed by atoms with E-state index >= 15 is 0 Å². The Labute approximate surface area is 95.9 Å². The molecule has 16 heavy (non-hydrogen) atoms. The molecule has 0 aromatic heterocycles. The van der Waals surface area contributed by atoms with Crippen LogP contribution in [0.5, 0.6) is 0 Å². The highest BCUT2D eigenvalue weighted by molar-refractivity contribution is 5.77. The largest absolute Gasteiger partial charge is 0.381 e. The maximum Gasteiger partial charge on any atom is 0.246 e. The Balaban J connectivity index is 1.57. The summed E-state index contributed by atoms with van der Waals surface area (Å²) < 4.78 is 10.8. The molecule has 0 aromatic carbocycles. The van der Waals surface area contributed by atoms with Crippen LogP contribution >= 0.6 is 0 Å². The average Bonchev–Trinajstić information content (AvgIpc) is 2.73. The van der Waals surface area contributed by atoms with Gasteiger partial charge in [0.15, 0.2) is 0 Å². The smallest absolute Gasteiger partial charge is 0.246 e. The first kappa shape index (κ1) is 11.8. The number of hydrogen-bond acceptors (Lipinski definition) is 4. The first-order chi connectivity index (χ1) is 7.68. The SMILES string of the molecule is CC1(OCC(=O)NCC2CCOC2)CNC1. The number of nitrogens with one attached hydrogen (secondary N) is 2. The van der Waals surface area contributed by atoms with Gasteiger partial charge in [-0.15, -0.1) is 0 Å². The molecule has 2 heterocycles. The van der Waals surface area contributed by atoms with E-state index in [2.05, 4.69) is 10.6 Å². The van der Waals surface area contributed by atoms with Crippen LogP contribution in [0.15, 0.2) is 0 Å². The lowest BCUT2D eigenvalue weighted by molar-refractivity contribution is -0.136. The predicted octanol–water partition coefficient (Wildman–Crippen LogP) is -0.482. The Morgan fingerprint density at radius 2 is 2.44 bits per heavy atom. The molecule has 2 fully saturated rings. The van der Waals surface area contributed by atoms with Gasteiger partial charge in [0.05, 0.1) is 12.2 Å². The fourth-order valence-electron chi connectivity index (χ4n) is 1.87. The third-order valence-corrected chi connectivity index (χ3v) is 3.16. The second-order valence-electron chi connectivity index (χ2n) is 4.88. The standard InChI is InChI=1S/C11H20N2O3/c1-11(7-12-8-11)16-6-10(14)13-4-9-2-3-15-5-9/h9,12H,2-8H2,1H3,(H,13,14). The highest BCUT2D eigenvalue weighted by atomic mass is 16.5. The van der Waals surface area contributed by atoms with E-state index in [1.165, 1.54) is 0 Å². The van der Waals surface area contributed by atoms with Gasteiger partial charge >= 0.3 is 0 Å². The van der Waals surface area contributed by atoms with E-state index in [-0.39, 0.29) is 18.1 Å². The van der Waals surface area contributed by atoms with Gasteiger partial charge in [-0.1, -0.05) is 0 Å². The zero-order valence-electron chi connectivity index (χ0n) is 9.75. The van der Waals surface area contributed by atoms with Crippen molar-refractivity contribution in [2.75, 3.05) is 39.5 Å². The van der Waals surface area contributed by atoms with Crippen molar-refractivity contribution in [1.82, 2.24) is 10.6 Å². The van der Waals surface area contributed by atoms with Crippen molar-refractivity contribution >= 4 is 5.91 Å². The summed E-state index contributed by atoms with van der Waals surface area (Å²) in [7, 11) is 0. The average molecular weight is 228 g/mol. The van der Waals surface area contributed by atoms with Gasteiger partial charge in [0.1, 0.15) is 6.61 Å². The lowest BCUT2D eigenvalue weighted by Crippen LogP contribution is -2.59. The predicted molar refractivity (Wildman–Crippen MR) is 59.2 cm³/mol. The highest BCUT2D eigenvalue weighted by Crippen LogP contribution is 2.14. The van der Waals surface area contributed by atoms with Gasteiger partial charge in [-0.25, -0.2) is 0 Å². The van der Waals surface area contributed by atoms with Crippen LogP contribution in [0.1, 0.15) is 13.3 Å². The molecule has 0 radical (unpaired) electrons. The first-order valence-corrected chi connectivity index (χ1v) is 5.87. The maximum absolute atomic E-state index is 11.5. The van der Waals surface area contributed by atoms with Crippen molar-refractivity contribution in [2.24, 2.45) is 5.92 Å². The summed E-state index contributed by atoms with van der Waals surface area (Å²) in [4.78, 5) is 11.5. The maximum atomic E-state index is 11.5. The number of rotatable bonds is 5. The van der Waals surface area contributed by atoms with Crippen LogP contribution in [0.4, 0.5) is 0 Å². The molecule has 1 amide bonds. The molecule has 2 saturated heterocycles. The van der Waals surface area contributed by atoms with Crippen molar-refractivity contribution in [3.63, 3.8) is 0 Å². The minimum Gasteiger partial charge on any atom is -0.381 e. The van der Waals surface area contributed by atoms with Crippen LogP contribution in [0.25, 0.3) is 0 Å². The summed E-state index contributed by atoms with van der Waals surface area (Å²) >= 11 is 0. The molecule has 0 aliphatic carbocycles. The van der Waals surface area contributed by atoms with Gasteiger partial charge in [0, 0.05) is 32.2 Å². The second kappa shape index (κ2) is 5.12. The molecule has 0 bridgehead atoms. The molecular formula is C11H20N2O3. The van der Waals surface area contributed by atoms with Crippen LogP contribution in [-0.4, -0.2) is 51.0 Å². The van der Waals surface area contributed by atoms with E-state index in [9.17, 15) is 4.79 Å². The van der Waals surface area contributed by atoms with Crippen LogP contribution in [-0.2, 0) is 14.3 Å². The van der Waals surface area contributed by atoms with Crippen LogP contribution in [0, 0.1) is 5.92 Å². The summed E-state index contributed by atoms with van der Waals surface area (Å²) in [6, 6.07) is 0. The fourth-order valence-corrected chi connectivity index (χ4v) is 1.87. The Hall–Kier alpha value is -0.650. The van der Waals surface area contributed by atoms with Crippen molar-refractivity contribution in [2.45, 2.75) is 18.9 Å². The Morgan fingerprint density at radius 1 is 1.62 bits per heavy atom. The molecule has 5 nitrogen and oxygen atoms in total. The van der Waals surface area contributed by atoms with Gasteiger partial charge in [0.25, 0.3) is 0 Å². The van der Waals surface area contributed by atoms with E-state index in [0.717, 1.165) is 32.7 Å². The van der Waals surface area contributed by atoms with Crippen LogP contribution in [0.2, 0.25) is 0 Å². The Kier molecular flexibility index (Phi) is 3.78. The number of carbonyl (C=O) groups is 1. The molecule has 2 aliphatic rings. The van der Waals surface area contributed by atoms with Crippen molar-refractivity contribution in [1.29, 1.82) is 0 Å². The van der Waals surface area contributed by atoms with Crippen molar-refractivity contribution in [3.05, 3.63) is 0 Å². The van der Waals surface area contributed by atoms with E-state index in [1.54, 1.807) is 0 Å². The van der Waals surface area contributed by atoms with Gasteiger partial charge in [0.2, 0.25) is 5.91 Å². The van der Waals surface area contributed by atoms with Gasteiger partial charge in [-0.05, 0) is 13.3 Å². The molecule has 1 unspecified atom stereocenters. The number of carbonyl (C=O) groups excluding carboxylic acids is 1. The lowest BCUT2D eigenvalue weighted by Gasteiger charge is -2.38. The van der Waals surface area contributed by atoms with Gasteiger partial charge in [-0.3, -0.25) is 4.79 Å². The van der Waals surface area contributed by atoms with Gasteiger partial charge in [-0.2, -0.15) is 0 Å². The zero-order valence-corrected chi connectivity index (χ0v) is 9.75. The zero-order chi connectivity index (χ0) is 11.4. The molecule has 2 N–H and O–H groups in total. The molecule has 2 rings (SSSR count). The molecule has 92 valence electrons. The van der Waals surface area contributed by atoms with Gasteiger partial charge < -0.3 is 20.1 Å². The normalized spacial score (nSPS) is 27.4. The molecule has 0 saturated carbocycles.